The van der Waals surface area contributed by atoms with Crippen molar-refractivity contribution in [2.45, 2.75) is 11.4 Å². The largest absolute Gasteiger partial charge is 0.224 e. The molecule has 0 aliphatic heterocycles. The Labute approximate surface area is 81.9 Å². The van der Waals surface area contributed by atoms with Crippen LogP contribution in [0.4, 0.5) is 0 Å². The first kappa shape index (κ1) is 10.6. The van der Waals surface area contributed by atoms with Crippen molar-refractivity contribution in [1.29, 1.82) is 0 Å². The van der Waals surface area contributed by atoms with Gasteiger partial charge in [0.05, 0.1) is 11.4 Å². The zero-order valence-corrected chi connectivity index (χ0v) is 8.40. The molecule has 0 spiro atoms. The number of azide groups is 1. The Morgan fingerprint density at radius 1 is 1.50 bits per heavy atom. The van der Waals surface area contributed by atoms with Crippen molar-refractivity contribution in [3.05, 3.63) is 40.3 Å². The molecular formula is C8H9N3O2S. The van der Waals surface area contributed by atoms with Crippen molar-refractivity contribution in [2.75, 3.05) is 6.26 Å². The molecule has 0 fully saturated rings. The molecule has 0 aliphatic rings. The first-order valence-corrected chi connectivity index (χ1v) is 5.73. The van der Waals surface area contributed by atoms with E-state index < -0.39 is 9.84 Å². The predicted octanol–water partition coefficient (Wildman–Crippen LogP) is 1.90. The Balaban J connectivity index is 3.07. The molecular weight excluding hydrogens is 202 g/mol. The van der Waals surface area contributed by atoms with E-state index in [1.54, 1.807) is 12.1 Å². The van der Waals surface area contributed by atoms with E-state index in [0.717, 1.165) is 6.26 Å². The summed E-state index contributed by atoms with van der Waals surface area (Å²) in [5.41, 5.74) is 8.78. The number of sulfone groups is 1. The van der Waals surface area contributed by atoms with Crippen molar-refractivity contribution in [2.24, 2.45) is 5.11 Å². The third-order valence-corrected chi connectivity index (χ3v) is 2.75. The molecule has 0 bridgehead atoms. The zero-order valence-electron chi connectivity index (χ0n) is 7.58. The van der Waals surface area contributed by atoms with E-state index in [4.69, 9.17) is 5.53 Å². The van der Waals surface area contributed by atoms with Crippen LogP contribution < -0.4 is 0 Å². The molecule has 0 aliphatic carbocycles. The molecule has 6 heteroatoms. The second-order valence-corrected chi connectivity index (χ2v) is 4.82. The lowest BCUT2D eigenvalue weighted by molar-refractivity contribution is 0.601. The highest BCUT2D eigenvalue weighted by atomic mass is 32.2. The zero-order chi connectivity index (χ0) is 10.6. The van der Waals surface area contributed by atoms with E-state index in [-0.39, 0.29) is 11.4 Å². The topological polar surface area (TPSA) is 82.9 Å². The molecule has 0 saturated carbocycles. The van der Waals surface area contributed by atoms with E-state index in [1.165, 1.54) is 12.1 Å². The average molecular weight is 211 g/mol. The molecule has 0 N–H and O–H groups in total. The van der Waals surface area contributed by atoms with E-state index in [2.05, 4.69) is 10.0 Å². The summed E-state index contributed by atoms with van der Waals surface area (Å²) >= 11 is 0. The van der Waals surface area contributed by atoms with Gasteiger partial charge in [-0.1, -0.05) is 17.2 Å². The third kappa shape index (κ3) is 2.76. The van der Waals surface area contributed by atoms with Gasteiger partial charge in [0.1, 0.15) is 0 Å². The fourth-order valence-electron chi connectivity index (χ4n) is 0.988. The van der Waals surface area contributed by atoms with Crippen LogP contribution in [0.25, 0.3) is 10.4 Å². The quantitative estimate of drug-likeness (QED) is 0.434. The monoisotopic (exact) mass is 211 g/mol. The van der Waals surface area contributed by atoms with Crippen LogP contribution in [0, 0.1) is 0 Å². The van der Waals surface area contributed by atoms with Gasteiger partial charge in [-0.05, 0) is 23.2 Å². The van der Waals surface area contributed by atoms with Crippen LogP contribution >= 0.6 is 0 Å². The molecule has 14 heavy (non-hydrogen) atoms. The highest BCUT2D eigenvalue weighted by Crippen LogP contribution is 2.11. The normalized spacial score (nSPS) is 10.6. The SMILES string of the molecule is CS(=O)(=O)c1cccc(CN=[N+]=[N-])c1. The van der Waals surface area contributed by atoms with E-state index in [9.17, 15) is 8.42 Å². The van der Waals surface area contributed by atoms with Gasteiger partial charge in [0.15, 0.2) is 9.84 Å². The predicted molar refractivity (Wildman–Crippen MR) is 52.4 cm³/mol. The van der Waals surface area contributed by atoms with Crippen LogP contribution in [-0.2, 0) is 16.4 Å². The molecule has 0 atom stereocenters. The highest BCUT2D eigenvalue weighted by Gasteiger charge is 2.06. The molecule has 1 aromatic carbocycles. The van der Waals surface area contributed by atoms with Crippen LogP contribution in [0.5, 0.6) is 0 Å². The summed E-state index contributed by atoms with van der Waals surface area (Å²) in [6, 6.07) is 6.35. The minimum atomic E-state index is -3.19. The summed E-state index contributed by atoms with van der Waals surface area (Å²) in [5, 5.41) is 3.35. The highest BCUT2D eigenvalue weighted by molar-refractivity contribution is 7.90. The van der Waals surface area contributed by atoms with E-state index in [0.29, 0.717) is 5.56 Å². The summed E-state index contributed by atoms with van der Waals surface area (Å²) < 4.78 is 22.3. The van der Waals surface area contributed by atoms with Crippen LogP contribution in [0.3, 0.4) is 0 Å². The first-order chi connectivity index (χ1) is 6.54. The molecule has 0 aromatic heterocycles. The number of nitrogens with zero attached hydrogens (tertiary/aromatic N) is 3. The molecule has 5 nitrogen and oxygen atoms in total. The summed E-state index contributed by atoms with van der Waals surface area (Å²) in [5.74, 6) is 0. The number of hydrogen-bond donors (Lipinski definition) is 0. The van der Waals surface area contributed by atoms with Gasteiger partial charge in [-0.25, -0.2) is 8.42 Å². The van der Waals surface area contributed by atoms with Gasteiger partial charge in [0.2, 0.25) is 0 Å². The van der Waals surface area contributed by atoms with Crippen LogP contribution in [0.2, 0.25) is 0 Å². The average Bonchev–Trinajstić information content (AvgIpc) is 2.14. The van der Waals surface area contributed by atoms with Crippen molar-refractivity contribution in [3.8, 4) is 0 Å². The molecule has 1 aromatic rings. The van der Waals surface area contributed by atoms with Gasteiger partial charge in [0, 0.05) is 11.2 Å². The third-order valence-electron chi connectivity index (χ3n) is 1.64. The Morgan fingerprint density at radius 2 is 2.21 bits per heavy atom. The Kier molecular flexibility index (Phi) is 3.11. The number of rotatable bonds is 3. The van der Waals surface area contributed by atoms with Gasteiger partial charge in [-0.2, -0.15) is 0 Å². The first-order valence-electron chi connectivity index (χ1n) is 3.84. The Bertz CT molecular complexity index is 475. The van der Waals surface area contributed by atoms with Gasteiger partial charge in [-0.15, -0.1) is 0 Å². The van der Waals surface area contributed by atoms with Gasteiger partial charge in [0.25, 0.3) is 0 Å². The van der Waals surface area contributed by atoms with Crippen LogP contribution in [0.1, 0.15) is 5.56 Å². The van der Waals surface area contributed by atoms with Gasteiger partial charge >= 0.3 is 0 Å². The lowest BCUT2D eigenvalue weighted by atomic mass is 10.2. The maximum atomic E-state index is 11.2. The van der Waals surface area contributed by atoms with Gasteiger partial charge in [-0.3, -0.25) is 0 Å². The summed E-state index contributed by atoms with van der Waals surface area (Å²) in [7, 11) is -3.19. The second kappa shape index (κ2) is 4.13. The summed E-state index contributed by atoms with van der Waals surface area (Å²) in [6.07, 6.45) is 1.14. The maximum absolute atomic E-state index is 11.2. The molecule has 0 amide bonds. The van der Waals surface area contributed by atoms with Crippen molar-refractivity contribution in [1.82, 2.24) is 0 Å². The van der Waals surface area contributed by atoms with Crippen molar-refractivity contribution < 1.29 is 8.42 Å². The fraction of sp³-hybridized carbons (Fsp3) is 0.250. The fourth-order valence-corrected chi connectivity index (χ4v) is 1.68. The van der Waals surface area contributed by atoms with Crippen LogP contribution in [0.15, 0.2) is 34.3 Å². The second-order valence-electron chi connectivity index (χ2n) is 2.81. The Hall–Kier alpha value is -1.52. The van der Waals surface area contributed by atoms with Crippen LogP contribution in [-0.4, -0.2) is 14.7 Å². The molecule has 74 valence electrons. The Morgan fingerprint density at radius 3 is 2.79 bits per heavy atom. The number of hydrogen-bond acceptors (Lipinski definition) is 3. The maximum Gasteiger partial charge on any atom is 0.175 e. The number of benzene rings is 1. The standard InChI is InChI=1S/C8H9N3O2S/c1-14(12,13)8-4-2-3-7(5-8)6-10-11-9/h2-5H,6H2,1H3. The van der Waals surface area contributed by atoms with Crippen molar-refractivity contribution in [3.63, 3.8) is 0 Å². The minimum Gasteiger partial charge on any atom is -0.224 e. The molecule has 0 heterocycles. The van der Waals surface area contributed by atoms with E-state index >= 15 is 0 Å². The molecule has 0 saturated heterocycles. The smallest absolute Gasteiger partial charge is 0.175 e. The van der Waals surface area contributed by atoms with Crippen molar-refractivity contribution >= 4 is 9.84 Å². The lowest BCUT2D eigenvalue weighted by Crippen LogP contribution is -1.97. The lowest BCUT2D eigenvalue weighted by Gasteiger charge is -2.00. The molecule has 1 rings (SSSR count). The minimum absolute atomic E-state index is 0.167. The summed E-state index contributed by atoms with van der Waals surface area (Å²) in [6.45, 7) is 0.167. The molecule has 0 radical (unpaired) electrons. The summed E-state index contributed by atoms with van der Waals surface area (Å²) in [4.78, 5) is 2.84. The van der Waals surface area contributed by atoms with E-state index in [1.807, 2.05) is 0 Å². The molecule has 0 unspecified atom stereocenters. The van der Waals surface area contributed by atoms with Gasteiger partial charge < -0.3 is 0 Å².